The van der Waals surface area contributed by atoms with Crippen molar-refractivity contribution in [3.63, 3.8) is 0 Å². The van der Waals surface area contributed by atoms with Crippen LogP contribution in [0.1, 0.15) is 16.1 Å². The number of aromatic nitrogens is 2. The Hall–Kier alpha value is -2.25. The lowest BCUT2D eigenvalue weighted by atomic mass is 10.2. The maximum absolute atomic E-state index is 12.0. The molecule has 0 saturated heterocycles. The van der Waals surface area contributed by atoms with Crippen molar-refractivity contribution in [2.45, 2.75) is 0 Å². The summed E-state index contributed by atoms with van der Waals surface area (Å²) in [5, 5.41) is 10.8. The molecule has 2 aromatic heterocycles. The van der Waals surface area contributed by atoms with Crippen LogP contribution in [0.3, 0.4) is 0 Å². The second kappa shape index (κ2) is 6.67. The van der Waals surface area contributed by atoms with E-state index in [0.29, 0.717) is 5.69 Å². The number of amides is 1. The molecule has 0 fully saturated rings. The summed E-state index contributed by atoms with van der Waals surface area (Å²) in [6.45, 7) is 0. The summed E-state index contributed by atoms with van der Waals surface area (Å²) in [7, 11) is 0. The van der Waals surface area contributed by atoms with Gasteiger partial charge in [-0.3, -0.25) is 9.89 Å². The molecule has 1 aromatic carbocycles. The van der Waals surface area contributed by atoms with Gasteiger partial charge in [0.2, 0.25) is 0 Å². The summed E-state index contributed by atoms with van der Waals surface area (Å²) in [6, 6.07) is 15.1. The van der Waals surface area contributed by atoms with Crippen molar-refractivity contribution in [3.05, 3.63) is 63.6 Å². The van der Waals surface area contributed by atoms with Crippen LogP contribution in [0.15, 0.2) is 57.4 Å². The Morgan fingerprint density at radius 2 is 2.09 bits per heavy atom. The number of thiophene rings is 1. The number of halogens is 1. The molecular weight excluding hydrogens is 364 g/mol. The molecule has 0 spiro atoms. The molecule has 0 saturated carbocycles. The standard InChI is InChI=1S/C15H11BrN4OS/c16-14-7-6-13(22-14)11-8-12(19-18-11)15(21)20-17-9-10-4-2-1-3-5-10/h1-9H,(H,18,19)(H,20,21). The van der Waals surface area contributed by atoms with Crippen LogP contribution >= 0.6 is 27.3 Å². The zero-order valence-corrected chi connectivity index (χ0v) is 13.7. The molecule has 1 amide bonds. The highest BCUT2D eigenvalue weighted by molar-refractivity contribution is 9.11. The minimum absolute atomic E-state index is 0.296. The fourth-order valence-electron chi connectivity index (χ4n) is 1.79. The van der Waals surface area contributed by atoms with Gasteiger partial charge >= 0.3 is 0 Å². The van der Waals surface area contributed by atoms with Crippen molar-refractivity contribution in [2.24, 2.45) is 5.10 Å². The van der Waals surface area contributed by atoms with Gasteiger partial charge in [-0.05, 0) is 39.7 Å². The molecule has 0 unspecified atom stereocenters. The van der Waals surface area contributed by atoms with Gasteiger partial charge in [0.15, 0.2) is 5.69 Å². The van der Waals surface area contributed by atoms with Gasteiger partial charge in [-0.2, -0.15) is 10.2 Å². The topological polar surface area (TPSA) is 70.1 Å². The molecule has 0 atom stereocenters. The van der Waals surface area contributed by atoms with E-state index in [4.69, 9.17) is 0 Å². The number of rotatable bonds is 4. The largest absolute Gasteiger partial charge is 0.291 e. The second-order valence-electron chi connectivity index (χ2n) is 4.38. The van der Waals surface area contributed by atoms with Gasteiger partial charge in [0.25, 0.3) is 5.91 Å². The molecule has 2 N–H and O–H groups in total. The van der Waals surface area contributed by atoms with E-state index in [2.05, 4.69) is 36.7 Å². The predicted molar refractivity (Wildman–Crippen MR) is 91.1 cm³/mol. The van der Waals surface area contributed by atoms with E-state index >= 15 is 0 Å². The van der Waals surface area contributed by atoms with Crippen molar-refractivity contribution < 1.29 is 4.79 Å². The van der Waals surface area contributed by atoms with E-state index in [1.165, 1.54) is 0 Å². The van der Waals surface area contributed by atoms with E-state index in [1.54, 1.807) is 23.6 Å². The monoisotopic (exact) mass is 374 g/mol. The van der Waals surface area contributed by atoms with Crippen molar-refractivity contribution in [2.75, 3.05) is 0 Å². The van der Waals surface area contributed by atoms with E-state index < -0.39 is 0 Å². The fraction of sp³-hybridized carbons (Fsp3) is 0. The Kier molecular flexibility index (Phi) is 4.45. The third-order valence-corrected chi connectivity index (χ3v) is 4.49. The minimum Gasteiger partial charge on any atom is -0.276 e. The maximum Gasteiger partial charge on any atom is 0.291 e. The number of benzene rings is 1. The van der Waals surface area contributed by atoms with Gasteiger partial charge in [-0.15, -0.1) is 11.3 Å². The molecule has 0 bridgehead atoms. The quantitative estimate of drug-likeness (QED) is 0.540. The number of aromatic amines is 1. The number of nitrogens with one attached hydrogen (secondary N) is 2. The van der Waals surface area contributed by atoms with E-state index in [-0.39, 0.29) is 5.91 Å². The Morgan fingerprint density at radius 3 is 2.82 bits per heavy atom. The average Bonchev–Trinajstić information content (AvgIpc) is 3.17. The molecule has 0 aliphatic rings. The molecular formula is C15H11BrN4OS. The smallest absolute Gasteiger partial charge is 0.276 e. The SMILES string of the molecule is O=C(NN=Cc1ccccc1)c1cc(-c2ccc(Br)s2)[nH]n1. The Labute approximate surface area is 139 Å². The number of hydrogen-bond donors (Lipinski definition) is 2. The molecule has 0 radical (unpaired) electrons. The van der Waals surface area contributed by atoms with E-state index in [0.717, 1.165) is 19.9 Å². The second-order valence-corrected chi connectivity index (χ2v) is 6.84. The third-order valence-electron chi connectivity index (χ3n) is 2.83. The molecule has 0 aliphatic heterocycles. The first kappa shape index (κ1) is 14.7. The molecule has 7 heteroatoms. The van der Waals surface area contributed by atoms with Crippen molar-refractivity contribution in [1.29, 1.82) is 0 Å². The summed E-state index contributed by atoms with van der Waals surface area (Å²) in [5.74, 6) is -0.356. The van der Waals surface area contributed by atoms with Crippen molar-refractivity contribution >= 4 is 39.4 Å². The van der Waals surface area contributed by atoms with Crippen LogP contribution in [0, 0.1) is 0 Å². The highest BCUT2D eigenvalue weighted by Gasteiger charge is 2.11. The summed E-state index contributed by atoms with van der Waals surface area (Å²) in [5.41, 5.74) is 4.47. The summed E-state index contributed by atoms with van der Waals surface area (Å²) in [4.78, 5) is 13.0. The highest BCUT2D eigenvalue weighted by Crippen LogP contribution is 2.30. The van der Waals surface area contributed by atoms with Crippen LogP contribution < -0.4 is 5.43 Å². The Morgan fingerprint density at radius 1 is 1.27 bits per heavy atom. The van der Waals surface area contributed by atoms with Crippen molar-refractivity contribution in [1.82, 2.24) is 15.6 Å². The minimum atomic E-state index is -0.356. The maximum atomic E-state index is 12.0. The molecule has 3 aromatic rings. The lowest BCUT2D eigenvalue weighted by Crippen LogP contribution is -2.17. The average molecular weight is 375 g/mol. The lowest BCUT2D eigenvalue weighted by Gasteiger charge is -1.94. The van der Waals surface area contributed by atoms with Gasteiger partial charge in [0, 0.05) is 0 Å². The van der Waals surface area contributed by atoms with Crippen LogP contribution in [0.4, 0.5) is 0 Å². The molecule has 2 heterocycles. The number of carbonyl (C=O) groups is 1. The molecule has 0 aliphatic carbocycles. The van der Waals surface area contributed by atoms with Crippen LogP contribution in [0.25, 0.3) is 10.6 Å². The van der Waals surface area contributed by atoms with Crippen molar-refractivity contribution in [3.8, 4) is 10.6 Å². The van der Waals surface area contributed by atoms with Gasteiger partial charge in [-0.25, -0.2) is 5.43 Å². The number of carbonyl (C=O) groups excluding carboxylic acids is 1. The number of nitrogens with zero attached hydrogens (tertiary/aromatic N) is 2. The number of hydrazone groups is 1. The van der Waals surface area contributed by atoms with Gasteiger partial charge in [0.1, 0.15) is 0 Å². The van der Waals surface area contributed by atoms with Gasteiger partial charge in [-0.1, -0.05) is 30.3 Å². The molecule has 3 rings (SSSR count). The van der Waals surface area contributed by atoms with E-state index in [1.807, 2.05) is 42.5 Å². The zero-order valence-electron chi connectivity index (χ0n) is 11.3. The number of H-pyrrole nitrogens is 1. The van der Waals surface area contributed by atoms with Crippen LogP contribution in [-0.2, 0) is 0 Å². The Bertz CT molecular complexity index is 810. The van der Waals surface area contributed by atoms with Crippen LogP contribution in [0.5, 0.6) is 0 Å². The van der Waals surface area contributed by atoms with E-state index in [9.17, 15) is 4.79 Å². The summed E-state index contributed by atoms with van der Waals surface area (Å²) < 4.78 is 1.02. The first-order chi connectivity index (χ1) is 10.7. The van der Waals surface area contributed by atoms with Gasteiger partial charge in [0.05, 0.1) is 20.6 Å². The normalized spacial score (nSPS) is 11.0. The third kappa shape index (κ3) is 3.49. The lowest BCUT2D eigenvalue weighted by molar-refractivity contribution is 0.0950. The molecule has 110 valence electrons. The van der Waals surface area contributed by atoms with Crippen LogP contribution in [0.2, 0.25) is 0 Å². The highest BCUT2D eigenvalue weighted by atomic mass is 79.9. The predicted octanol–water partition coefficient (Wildman–Crippen LogP) is 3.66. The molecule has 22 heavy (non-hydrogen) atoms. The zero-order chi connectivity index (χ0) is 15.4. The Balaban J connectivity index is 1.66. The summed E-state index contributed by atoms with van der Waals surface area (Å²) in [6.07, 6.45) is 1.59. The number of hydrogen-bond acceptors (Lipinski definition) is 4. The van der Waals surface area contributed by atoms with Gasteiger partial charge < -0.3 is 0 Å². The summed E-state index contributed by atoms with van der Waals surface area (Å²) >= 11 is 4.97. The first-order valence-corrected chi connectivity index (χ1v) is 8.03. The van der Waals surface area contributed by atoms with Crippen LogP contribution in [-0.4, -0.2) is 22.3 Å². The fourth-order valence-corrected chi connectivity index (χ4v) is 3.14. The first-order valence-electron chi connectivity index (χ1n) is 6.42. The molecule has 5 nitrogen and oxygen atoms in total.